The summed E-state index contributed by atoms with van der Waals surface area (Å²) in [5.74, 6) is -0.403. The zero-order valence-electron chi connectivity index (χ0n) is 16.8. The maximum absolute atomic E-state index is 13.2. The molecule has 0 fully saturated rings. The highest BCUT2D eigenvalue weighted by Gasteiger charge is 2.21. The smallest absolute Gasteiger partial charge is 0.233 e. The van der Waals surface area contributed by atoms with Gasteiger partial charge in [0.25, 0.3) is 0 Å². The Kier molecular flexibility index (Phi) is 7.64. The normalized spacial score (nSPS) is 10.8. The van der Waals surface area contributed by atoms with Crippen molar-refractivity contribution in [2.75, 3.05) is 11.4 Å². The molecular formula is C22H21Cl2FN4OS. The molecule has 5 nitrogen and oxygen atoms in total. The van der Waals surface area contributed by atoms with Crippen LogP contribution in [0.3, 0.4) is 0 Å². The Balaban J connectivity index is 0.00000272. The van der Waals surface area contributed by atoms with Gasteiger partial charge < -0.3 is 4.57 Å². The number of amides is 1. The molecule has 1 amide bonds. The lowest BCUT2D eigenvalue weighted by Crippen LogP contribution is -2.33. The average Bonchev–Trinajstić information content (AvgIpc) is 3.40. The van der Waals surface area contributed by atoms with Crippen molar-refractivity contribution in [3.63, 3.8) is 0 Å². The minimum absolute atomic E-state index is 0. The number of thiazole rings is 1. The maximum Gasteiger partial charge on any atom is 0.233 e. The van der Waals surface area contributed by atoms with Crippen LogP contribution in [0, 0.1) is 12.7 Å². The van der Waals surface area contributed by atoms with Crippen molar-refractivity contribution in [3.8, 4) is 0 Å². The number of nitrogens with zero attached hydrogens (tertiary/aromatic N) is 4. The number of carbonyl (C=O) groups is 1. The van der Waals surface area contributed by atoms with Gasteiger partial charge in [0.2, 0.25) is 5.91 Å². The Morgan fingerprint density at radius 2 is 2.00 bits per heavy atom. The summed E-state index contributed by atoms with van der Waals surface area (Å²) in [4.78, 5) is 23.7. The highest BCUT2D eigenvalue weighted by atomic mass is 35.5. The Bertz CT molecular complexity index is 1120. The predicted molar refractivity (Wildman–Crippen MR) is 126 cm³/mol. The number of imidazole rings is 1. The topological polar surface area (TPSA) is 51.0 Å². The molecule has 4 aromatic rings. The van der Waals surface area contributed by atoms with E-state index in [1.807, 2.05) is 29.8 Å². The second-order valence-corrected chi connectivity index (χ2v) is 8.43. The number of hydrogen-bond donors (Lipinski definition) is 0. The zero-order chi connectivity index (χ0) is 21.1. The zero-order valence-corrected chi connectivity index (χ0v) is 19.2. The van der Waals surface area contributed by atoms with Gasteiger partial charge in [-0.2, -0.15) is 0 Å². The van der Waals surface area contributed by atoms with Crippen LogP contribution < -0.4 is 4.90 Å². The minimum Gasteiger partial charge on any atom is -0.337 e. The van der Waals surface area contributed by atoms with E-state index >= 15 is 0 Å². The molecule has 0 N–H and O–H groups in total. The monoisotopic (exact) mass is 478 g/mol. The number of rotatable bonds is 7. The van der Waals surface area contributed by atoms with E-state index in [0.717, 1.165) is 34.3 Å². The summed E-state index contributed by atoms with van der Waals surface area (Å²) < 4.78 is 16.1. The molecule has 31 heavy (non-hydrogen) atoms. The molecule has 4 rings (SSSR count). The molecule has 0 aliphatic heterocycles. The first kappa shape index (κ1) is 23.2. The molecule has 2 aromatic carbocycles. The fourth-order valence-corrected chi connectivity index (χ4v) is 4.60. The van der Waals surface area contributed by atoms with Gasteiger partial charge in [0.1, 0.15) is 5.82 Å². The van der Waals surface area contributed by atoms with Crippen molar-refractivity contribution in [1.29, 1.82) is 0 Å². The number of halogens is 3. The standard InChI is InChI=1S/C22H20ClFN4OS.ClH/c1-15-3-8-18(23)21-20(15)26-22(30-21)28(11-2-10-27-12-9-25-14-27)19(29)13-16-4-6-17(24)7-5-16;/h3-9,12,14H,2,10-11,13H2,1H3;1H. The number of hydrogen-bond acceptors (Lipinski definition) is 4. The van der Waals surface area contributed by atoms with E-state index in [-0.39, 0.29) is 30.6 Å². The van der Waals surface area contributed by atoms with Gasteiger partial charge in [0.15, 0.2) is 5.13 Å². The molecule has 2 heterocycles. The van der Waals surface area contributed by atoms with Crippen molar-refractivity contribution >= 4 is 56.6 Å². The van der Waals surface area contributed by atoms with Gasteiger partial charge >= 0.3 is 0 Å². The first-order valence-corrected chi connectivity index (χ1v) is 10.8. The van der Waals surface area contributed by atoms with Gasteiger partial charge in [-0.3, -0.25) is 9.69 Å². The van der Waals surface area contributed by atoms with E-state index in [9.17, 15) is 9.18 Å². The Labute approximate surface area is 194 Å². The van der Waals surface area contributed by atoms with Crippen LogP contribution in [0.4, 0.5) is 9.52 Å². The molecule has 0 aliphatic rings. The third-order valence-corrected chi connectivity index (χ3v) is 6.38. The second kappa shape index (κ2) is 10.2. The summed E-state index contributed by atoms with van der Waals surface area (Å²) in [6, 6.07) is 9.79. The van der Waals surface area contributed by atoms with Crippen molar-refractivity contribution < 1.29 is 9.18 Å². The Morgan fingerprint density at radius 1 is 1.23 bits per heavy atom. The molecule has 0 unspecified atom stereocenters. The number of anilines is 1. The van der Waals surface area contributed by atoms with Gasteiger partial charge in [-0.1, -0.05) is 41.1 Å². The summed E-state index contributed by atoms with van der Waals surface area (Å²) in [6.45, 7) is 3.23. The van der Waals surface area contributed by atoms with Crippen LogP contribution in [0.1, 0.15) is 17.5 Å². The van der Waals surface area contributed by atoms with Crippen LogP contribution in [0.15, 0.2) is 55.1 Å². The number of aromatic nitrogens is 3. The summed E-state index contributed by atoms with van der Waals surface area (Å²) in [6.07, 6.45) is 6.30. The summed E-state index contributed by atoms with van der Waals surface area (Å²) in [7, 11) is 0. The average molecular weight is 479 g/mol. The molecular weight excluding hydrogens is 458 g/mol. The van der Waals surface area contributed by atoms with Crippen LogP contribution in [0.2, 0.25) is 5.02 Å². The first-order valence-electron chi connectivity index (χ1n) is 9.57. The fourth-order valence-electron chi connectivity index (χ4n) is 3.24. The molecule has 162 valence electrons. The van der Waals surface area contributed by atoms with Crippen molar-refractivity contribution in [1.82, 2.24) is 14.5 Å². The second-order valence-electron chi connectivity index (χ2n) is 7.04. The highest BCUT2D eigenvalue weighted by Crippen LogP contribution is 2.36. The van der Waals surface area contributed by atoms with Gasteiger partial charge in [0.05, 0.1) is 28.0 Å². The molecule has 2 aromatic heterocycles. The Hall–Kier alpha value is -2.48. The van der Waals surface area contributed by atoms with Gasteiger partial charge in [-0.25, -0.2) is 14.4 Å². The summed E-state index contributed by atoms with van der Waals surface area (Å²) >= 11 is 7.78. The quantitative estimate of drug-likeness (QED) is 0.343. The lowest BCUT2D eigenvalue weighted by Gasteiger charge is -2.20. The molecule has 0 spiro atoms. The molecule has 0 saturated heterocycles. The van der Waals surface area contributed by atoms with Gasteiger partial charge in [0, 0.05) is 25.5 Å². The number of aryl methyl sites for hydroxylation is 2. The molecule has 0 aliphatic carbocycles. The third-order valence-electron chi connectivity index (χ3n) is 4.84. The van der Waals surface area contributed by atoms with Crippen LogP contribution in [-0.4, -0.2) is 27.0 Å². The lowest BCUT2D eigenvalue weighted by atomic mass is 10.1. The van der Waals surface area contributed by atoms with E-state index in [1.54, 1.807) is 29.6 Å². The Morgan fingerprint density at radius 3 is 2.68 bits per heavy atom. The highest BCUT2D eigenvalue weighted by molar-refractivity contribution is 7.23. The van der Waals surface area contributed by atoms with E-state index in [2.05, 4.69) is 4.98 Å². The van der Waals surface area contributed by atoms with E-state index < -0.39 is 0 Å². The number of benzene rings is 2. The fraction of sp³-hybridized carbons (Fsp3) is 0.227. The maximum atomic E-state index is 13.2. The van der Waals surface area contributed by atoms with Crippen LogP contribution in [-0.2, 0) is 17.8 Å². The van der Waals surface area contributed by atoms with E-state index in [0.29, 0.717) is 16.7 Å². The first-order chi connectivity index (χ1) is 14.5. The number of fused-ring (bicyclic) bond motifs is 1. The molecule has 0 atom stereocenters. The number of carbonyl (C=O) groups excluding carboxylic acids is 1. The molecule has 9 heteroatoms. The van der Waals surface area contributed by atoms with Crippen LogP contribution >= 0.6 is 35.3 Å². The molecule has 0 saturated carbocycles. The van der Waals surface area contributed by atoms with Crippen LogP contribution in [0.5, 0.6) is 0 Å². The predicted octanol–water partition coefficient (Wildman–Crippen LogP) is 5.68. The lowest BCUT2D eigenvalue weighted by molar-refractivity contribution is -0.118. The molecule has 0 radical (unpaired) electrons. The summed E-state index contributed by atoms with van der Waals surface area (Å²) in [5.41, 5.74) is 2.59. The van der Waals surface area contributed by atoms with Gasteiger partial charge in [-0.05, 0) is 42.7 Å². The van der Waals surface area contributed by atoms with Crippen molar-refractivity contribution in [2.45, 2.75) is 26.3 Å². The van der Waals surface area contributed by atoms with Crippen LogP contribution in [0.25, 0.3) is 10.2 Å². The minimum atomic E-state index is -0.320. The summed E-state index contributed by atoms with van der Waals surface area (Å²) in [5, 5.41) is 1.25. The van der Waals surface area contributed by atoms with E-state index in [1.165, 1.54) is 23.5 Å². The SMILES string of the molecule is Cc1ccc(Cl)c2sc(N(CCCn3ccnc3)C(=O)Cc3ccc(F)cc3)nc12.Cl. The van der Waals surface area contributed by atoms with Crippen molar-refractivity contribution in [2.24, 2.45) is 0 Å². The van der Waals surface area contributed by atoms with E-state index in [4.69, 9.17) is 16.6 Å². The van der Waals surface area contributed by atoms with Gasteiger partial charge in [-0.15, -0.1) is 12.4 Å². The van der Waals surface area contributed by atoms with Crippen molar-refractivity contribution in [3.05, 3.63) is 77.1 Å². The largest absolute Gasteiger partial charge is 0.337 e. The molecule has 0 bridgehead atoms. The third kappa shape index (κ3) is 5.42.